The Labute approximate surface area is 193 Å². The van der Waals surface area contributed by atoms with Gasteiger partial charge < -0.3 is 27.3 Å². The highest BCUT2D eigenvalue weighted by molar-refractivity contribution is 9.11. The van der Waals surface area contributed by atoms with Crippen LogP contribution in [0.3, 0.4) is 0 Å². The normalized spacial score (nSPS) is 11.6. The summed E-state index contributed by atoms with van der Waals surface area (Å²) in [5.41, 5.74) is 16.8. The second kappa shape index (κ2) is 15.1. The van der Waals surface area contributed by atoms with Crippen LogP contribution in [0.2, 0.25) is 0 Å². The second-order valence-electron chi connectivity index (χ2n) is 6.72. The van der Waals surface area contributed by atoms with E-state index in [1.54, 1.807) is 0 Å². The van der Waals surface area contributed by atoms with Crippen molar-refractivity contribution in [3.05, 3.63) is 31.5 Å². The maximum atomic E-state index is 12.3. The van der Waals surface area contributed by atoms with Gasteiger partial charge >= 0.3 is 0 Å². The molecule has 0 saturated carbocycles. The Morgan fingerprint density at radius 3 is 2.37 bits per heavy atom. The first-order valence-corrected chi connectivity index (χ1v) is 11.4. The SMILES string of the molecule is NCCCOc1c(Br)cc(CC(N=O)C(=O)NCCCCCCN=C(N)N)cc1Br. The van der Waals surface area contributed by atoms with Gasteiger partial charge in [0.15, 0.2) is 12.0 Å². The Balaban J connectivity index is 2.46. The number of rotatable bonds is 15. The van der Waals surface area contributed by atoms with E-state index in [-0.39, 0.29) is 18.3 Å². The molecule has 30 heavy (non-hydrogen) atoms. The van der Waals surface area contributed by atoms with Crippen LogP contribution in [-0.2, 0) is 11.2 Å². The maximum Gasteiger partial charge on any atom is 0.248 e. The minimum absolute atomic E-state index is 0.0995. The van der Waals surface area contributed by atoms with Crippen molar-refractivity contribution in [1.29, 1.82) is 0 Å². The standard InChI is InChI=1S/C19H30Br2N6O3/c20-14-10-13(11-15(21)17(14)30-9-5-6-22)12-16(27-29)18(28)25-7-3-1-2-4-8-26-19(23)24/h10-11,16H,1-9,12,22H2,(H,25,28)(H4,23,24,26). The average molecular weight is 550 g/mol. The summed E-state index contributed by atoms with van der Waals surface area (Å²) in [6.07, 6.45) is 4.54. The predicted molar refractivity (Wildman–Crippen MR) is 126 cm³/mol. The lowest BCUT2D eigenvalue weighted by molar-refractivity contribution is -0.122. The van der Waals surface area contributed by atoms with Crippen LogP contribution in [0.5, 0.6) is 5.75 Å². The first-order chi connectivity index (χ1) is 14.4. The first kappa shape index (κ1) is 26.3. The summed E-state index contributed by atoms with van der Waals surface area (Å²) in [6.45, 7) is 2.15. The molecule has 0 aliphatic heterocycles. The smallest absolute Gasteiger partial charge is 0.248 e. The van der Waals surface area contributed by atoms with E-state index in [4.69, 9.17) is 21.9 Å². The molecule has 1 atom stereocenters. The number of ether oxygens (including phenoxy) is 1. The molecular weight excluding hydrogens is 520 g/mol. The average Bonchev–Trinajstić information content (AvgIpc) is 2.69. The van der Waals surface area contributed by atoms with Gasteiger partial charge in [0.1, 0.15) is 5.75 Å². The lowest BCUT2D eigenvalue weighted by Gasteiger charge is -2.14. The number of nitrogens with zero attached hydrogens (tertiary/aromatic N) is 2. The highest BCUT2D eigenvalue weighted by Gasteiger charge is 2.20. The number of nitroso groups, excluding NO2 is 1. The fourth-order valence-electron chi connectivity index (χ4n) is 2.65. The molecule has 0 spiro atoms. The van der Waals surface area contributed by atoms with Crippen LogP contribution in [0.15, 0.2) is 31.2 Å². The Morgan fingerprint density at radius 1 is 1.10 bits per heavy atom. The molecule has 1 unspecified atom stereocenters. The Hall–Kier alpha value is -1.72. The fourth-order valence-corrected chi connectivity index (χ4v) is 4.16. The zero-order valence-electron chi connectivity index (χ0n) is 16.9. The maximum absolute atomic E-state index is 12.3. The van der Waals surface area contributed by atoms with Gasteiger partial charge in [-0.3, -0.25) is 9.79 Å². The van der Waals surface area contributed by atoms with Crippen molar-refractivity contribution >= 4 is 43.7 Å². The molecule has 1 aromatic carbocycles. The van der Waals surface area contributed by atoms with Gasteiger partial charge in [-0.25, -0.2) is 0 Å². The third-order valence-corrected chi connectivity index (χ3v) is 5.37. The predicted octanol–water partition coefficient (Wildman–Crippen LogP) is 2.57. The number of guanidine groups is 1. The lowest BCUT2D eigenvalue weighted by atomic mass is 10.1. The molecule has 0 bridgehead atoms. The molecule has 0 fully saturated rings. The molecule has 0 saturated heterocycles. The van der Waals surface area contributed by atoms with E-state index in [0.29, 0.717) is 32.0 Å². The summed E-state index contributed by atoms with van der Waals surface area (Å²) in [5.74, 6) is 0.385. The van der Waals surface area contributed by atoms with Crippen LogP contribution >= 0.6 is 31.9 Å². The molecule has 11 heteroatoms. The fraction of sp³-hybridized carbons (Fsp3) is 0.579. The number of hydrogen-bond acceptors (Lipinski definition) is 6. The largest absolute Gasteiger partial charge is 0.491 e. The van der Waals surface area contributed by atoms with Gasteiger partial charge in [0.05, 0.1) is 15.6 Å². The molecule has 1 amide bonds. The summed E-state index contributed by atoms with van der Waals surface area (Å²) in [5, 5.41) is 5.78. The Kier molecular flexibility index (Phi) is 13.3. The van der Waals surface area contributed by atoms with Gasteiger partial charge in [-0.05, 0) is 75.4 Å². The molecule has 1 aromatic rings. The van der Waals surface area contributed by atoms with Gasteiger partial charge in [-0.15, -0.1) is 4.91 Å². The molecule has 0 heterocycles. The van der Waals surface area contributed by atoms with E-state index in [0.717, 1.165) is 46.6 Å². The topological polar surface area (TPSA) is 158 Å². The third kappa shape index (κ3) is 10.4. The summed E-state index contributed by atoms with van der Waals surface area (Å²) in [4.78, 5) is 27.4. The van der Waals surface area contributed by atoms with Crippen molar-refractivity contribution in [3.8, 4) is 5.75 Å². The van der Waals surface area contributed by atoms with Crippen molar-refractivity contribution in [2.45, 2.75) is 44.6 Å². The van der Waals surface area contributed by atoms with E-state index in [2.05, 4.69) is 47.3 Å². The van der Waals surface area contributed by atoms with Gasteiger partial charge in [0, 0.05) is 19.5 Å². The number of aliphatic imine (C=N–C) groups is 1. The summed E-state index contributed by atoms with van der Waals surface area (Å²) in [7, 11) is 0. The van der Waals surface area contributed by atoms with E-state index in [1.807, 2.05) is 12.1 Å². The highest BCUT2D eigenvalue weighted by Crippen LogP contribution is 2.35. The number of hydrogen-bond donors (Lipinski definition) is 4. The Bertz CT molecular complexity index is 691. The van der Waals surface area contributed by atoms with Gasteiger partial charge in [-0.1, -0.05) is 18.0 Å². The molecule has 1 rings (SSSR count). The van der Waals surface area contributed by atoms with Gasteiger partial charge in [0.2, 0.25) is 5.91 Å². The Morgan fingerprint density at radius 2 is 1.77 bits per heavy atom. The number of benzene rings is 1. The molecule has 0 aliphatic carbocycles. The summed E-state index contributed by atoms with van der Waals surface area (Å²) in [6, 6.07) is 2.66. The number of amides is 1. The third-order valence-electron chi connectivity index (χ3n) is 4.19. The van der Waals surface area contributed by atoms with Crippen LogP contribution in [0.1, 0.15) is 37.7 Å². The van der Waals surface area contributed by atoms with Crippen LogP contribution in [0, 0.1) is 4.91 Å². The van der Waals surface area contributed by atoms with Gasteiger partial charge in [0.25, 0.3) is 0 Å². The van der Waals surface area contributed by atoms with Crippen molar-refractivity contribution < 1.29 is 9.53 Å². The number of unbranched alkanes of at least 4 members (excludes halogenated alkanes) is 3. The minimum atomic E-state index is -0.991. The van der Waals surface area contributed by atoms with Crippen molar-refractivity contribution in [2.24, 2.45) is 27.4 Å². The van der Waals surface area contributed by atoms with Crippen LogP contribution < -0.4 is 27.3 Å². The van der Waals surface area contributed by atoms with Crippen molar-refractivity contribution in [3.63, 3.8) is 0 Å². The zero-order chi connectivity index (χ0) is 22.4. The highest BCUT2D eigenvalue weighted by atomic mass is 79.9. The molecule has 9 nitrogen and oxygen atoms in total. The zero-order valence-corrected chi connectivity index (χ0v) is 20.1. The molecule has 7 N–H and O–H groups in total. The first-order valence-electron chi connectivity index (χ1n) is 9.85. The van der Waals surface area contributed by atoms with Crippen molar-refractivity contribution in [1.82, 2.24) is 5.32 Å². The van der Waals surface area contributed by atoms with Gasteiger partial charge in [-0.2, -0.15) is 0 Å². The van der Waals surface area contributed by atoms with E-state index in [1.165, 1.54) is 0 Å². The number of halogens is 2. The molecular formula is C19H30Br2N6O3. The summed E-state index contributed by atoms with van der Waals surface area (Å²) >= 11 is 6.93. The molecule has 0 radical (unpaired) electrons. The van der Waals surface area contributed by atoms with Crippen LogP contribution in [0.4, 0.5) is 0 Å². The quantitative estimate of drug-likeness (QED) is 0.114. The minimum Gasteiger partial charge on any atom is -0.491 e. The molecule has 168 valence electrons. The molecule has 0 aliphatic rings. The molecule has 0 aromatic heterocycles. The second-order valence-corrected chi connectivity index (χ2v) is 8.43. The number of carbonyl (C=O) groups is 1. The lowest BCUT2D eigenvalue weighted by Crippen LogP contribution is -2.35. The number of nitrogens with one attached hydrogen (secondary N) is 1. The van der Waals surface area contributed by atoms with Crippen LogP contribution in [-0.4, -0.2) is 44.1 Å². The van der Waals surface area contributed by atoms with Crippen molar-refractivity contribution in [2.75, 3.05) is 26.2 Å². The van der Waals surface area contributed by atoms with E-state index in [9.17, 15) is 9.70 Å². The summed E-state index contributed by atoms with van der Waals surface area (Å²) < 4.78 is 7.16. The van der Waals surface area contributed by atoms with E-state index >= 15 is 0 Å². The monoisotopic (exact) mass is 548 g/mol. The number of nitrogens with two attached hydrogens (primary N) is 3. The van der Waals surface area contributed by atoms with Crippen LogP contribution in [0.25, 0.3) is 0 Å². The van der Waals surface area contributed by atoms with E-state index < -0.39 is 6.04 Å². The number of carbonyl (C=O) groups excluding carboxylic acids is 1.